The van der Waals surface area contributed by atoms with E-state index >= 15 is 0 Å². The minimum absolute atomic E-state index is 0.304. The molecule has 0 spiro atoms. The first-order chi connectivity index (χ1) is 9.81. The molecule has 1 aromatic carbocycles. The normalized spacial score (nSPS) is 26.2. The van der Waals surface area contributed by atoms with Gasteiger partial charge in [-0.05, 0) is 42.0 Å². The van der Waals surface area contributed by atoms with Gasteiger partial charge in [0.15, 0.2) is 0 Å². The van der Waals surface area contributed by atoms with Crippen LogP contribution in [0.2, 0.25) is 0 Å². The number of allylic oxidation sites excluding steroid dienone is 1. The van der Waals surface area contributed by atoms with E-state index in [1.165, 1.54) is 35.1 Å². The van der Waals surface area contributed by atoms with E-state index in [2.05, 4.69) is 43.3 Å². The second kappa shape index (κ2) is 5.94. The third-order valence-electron chi connectivity index (χ3n) is 4.29. The molecule has 3 rings (SSSR count). The summed E-state index contributed by atoms with van der Waals surface area (Å²) < 4.78 is 11.3. The molecule has 2 nitrogen and oxygen atoms in total. The molecule has 0 bridgehead atoms. The van der Waals surface area contributed by atoms with Gasteiger partial charge in [0.05, 0.1) is 12.7 Å². The van der Waals surface area contributed by atoms with E-state index in [1.54, 1.807) is 7.11 Å². The van der Waals surface area contributed by atoms with Gasteiger partial charge in [-0.3, -0.25) is 0 Å². The summed E-state index contributed by atoms with van der Waals surface area (Å²) >= 11 is 0. The maximum atomic E-state index is 5.91. The molecule has 0 amide bonds. The molecule has 1 heterocycles. The first-order valence-electron chi connectivity index (χ1n) is 7.38. The average molecular weight is 270 g/mol. The third-order valence-corrected chi connectivity index (χ3v) is 4.29. The Morgan fingerprint density at radius 3 is 2.90 bits per heavy atom. The molecule has 2 aliphatic rings. The standard InChI is InChI=1S/C18H22O2/c1-13(11-14-7-4-3-5-8-14)17-15-9-6-10-20-18(15)16(17)12-19-2/h3-5,7-8,11,15,18H,6,9-10,12H2,1-2H3/b13-11+. The van der Waals surface area contributed by atoms with Gasteiger partial charge in [-0.15, -0.1) is 0 Å². The molecule has 0 N–H and O–H groups in total. The first-order valence-corrected chi connectivity index (χ1v) is 7.38. The van der Waals surface area contributed by atoms with E-state index in [4.69, 9.17) is 9.47 Å². The van der Waals surface area contributed by atoms with E-state index in [-0.39, 0.29) is 0 Å². The predicted octanol–water partition coefficient (Wildman–Crippen LogP) is 3.84. The van der Waals surface area contributed by atoms with E-state index < -0.39 is 0 Å². The number of benzene rings is 1. The fourth-order valence-electron chi connectivity index (χ4n) is 3.45. The minimum Gasteiger partial charge on any atom is -0.380 e. The molecule has 1 saturated heterocycles. The van der Waals surface area contributed by atoms with Crippen molar-refractivity contribution < 1.29 is 9.47 Å². The number of ether oxygens (including phenoxy) is 2. The van der Waals surface area contributed by atoms with Gasteiger partial charge in [0.2, 0.25) is 0 Å². The topological polar surface area (TPSA) is 18.5 Å². The highest BCUT2D eigenvalue weighted by Gasteiger charge is 2.42. The van der Waals surface area contributed by atoms with Crippen molar-refractivity contribution in [3.63, 3.8) is 0 Å². The van der Waals surface area contributed by atoms with Crippen LogP contribution in [-0.2, 0) is 9.47 Å². The van der Waals surface area contributed by atoms with Crippen LogP contribution >= 0.6 is 0 Å². The van der Waals surface area contributed by atoms with Gasteiger partial charge < -0.3 is 9.47 Å². The summed E-state index contributed by atoms with van der Waals surface area (Å²) in [6.07, 6.45) is 4.99. The Labute approximate surface area is 121 Å². The van der Waals surface area contributed by atoms with Gasteiger partial charge in [-0.2, -0.15) is 0 Å². The number of fused-ring (bicyclic) bond motifs is 1. The molecule has 2 unspecified atom stereocenters. The van der Waals surface area contributed by atoms with Crippen molar-refractivity contribution in [3.8, 4) is 0 Å². The van der Waals surface area contributed by atoms with Crippen LogP contribution in [0.4, 0.5) is 0 Å². The number of rotatable bonds is 4. The van der Waals surface area contributed by atoms with E-state index in [9.17, 15) is 0 Å². The summed E-state index contributed by atoms with van der Waals surface area (Å²) in [6.45, 7) is 3.79. The lowest BCUT2D eigenvalue weighted by Gasteiger charge is -2.45. The predicted molar refractivity (Wildman–Crippen MR) is 81.5 cm³/mol. The zero-order valence-corrected chi connectivity index (χ0v) is 12.3. The van der Waals surface area contributed by atoms with Gasteiger partial charge in [-0.25, -0.2) is 0 Å². The molecule has 0 radical (unpaired) electrons. The molecule has 0 aromatic heterocycles. The fourth-order valence-corrected chi connectivity index (χ4v) is 3.45. The van der Waals surface area contributed by atoms with Crippen LogP contribution in [0.5, 0.6) is 0 Å². The summed E-state index contributed by atoms with van der Waals surface area (Å²) in [5, 5.41) is 0. The molecule has 0 saturated carbocycles. The van der Waals surface area contributed by atoms with Crippen LogP contribution in [0.15, 0.2) is 47.1 Å². The van der Waals surface area contributed by atoms with Gasteiger partial charge in [0.1, 0.15) is 0 Å². The van der Waals surface area contributed by atoms with Crippen LogP contribution in [0, 0.1) is 5.92 Å². The van der Waals surface area contributed by atoms with E-state index in [1.807, 2.05) is 0 Å². The molecule has 1 aromatic rings. The SMILES string of the molecule is COCC1=C(/C(C)=C/c2ccccc2)C2CCCOC12. The van der Waals surface area contributed by atoms with Crippen molar-refractivity contribution in [2.24, 2.45) is 5.92 Å². The number of hydrogen-bond acceptors (Lipinski definition) is 2. The van der Waals surface area contributed by atoms with Crippen molar-refractivity contribution in [2.75, 3.05) is 20.3 Å². The quantitative estimate of drug-likeness (QED) is 0.827. The fraction of sp³-hybridized carbons (Fsp3) is 0.444. The zero-order chi connectivity index (χ0) is 13.9. The van der Waals surface area contributed by atoms with Crippen LogP contribution in [0.25, 0.3) is 6.08 Å². The summed E-state index contributed by atoms with van der Waals surface area (Å²) in [6, 6.07) is 10.5. The van der Waals surface area contributed by atoms with E-state index in [0.29, 0.717) is 18.6 Å². The lowest BCUT2D eigenvalue weighted by atomic mass is 9.68. The van der Waals surface area contributed by atoms with Crippen molar-refractivity contribution in [2.45, 2.75) is 25.9 Å². The third kappa shape index (κ3) is 2.46. The highest BCUT2D eigenvalue weighted by Crippen LogP contribution is 2.46. The Hall–Kier alpha value is -1.38. The monoisotopic (exact) mass is 270 g/mol. The zero-order valence-electron chi connectivity index (χ0n) is 12.3. The van der Waals surface area contributed by atoms with Gasteiger partial charge >= 0.3 is 0 Å². The van der Waals surface area contributed by atoms with Crippen molar-refractivity contribution in [3.05, 3.63) is 52.6 Å². The molecular weight excluding hydrogens is 248 g/mol. The van der Waals surface area contributed by atoms with Crippen LogP contribution in [0.3, 0.4) is 0 Å². The highest BCUT2D eigenvalue weighted by atomic mass is 16.5. The highest BCUT2D eigenvalue weighted by molar-refractivity contribution is 5.62. The average Bonchev–Trinajstić information content (AvgIpc) is 2.46. The van der Waals surface area contributed by atoms with Crippen LogP contribution in [0.1, 0.15) is 25.3 Å². The lowest BCUT2D eigenvalue weighted by molar-refractivity contribution is -0.0195. The number of hydrogen-bond donors (Lipinski definition) is 0. The summed E-state index contributed by atoms with van der Waals surface area (Å²) in [4.78, 5) is 0. The molecule has 1 aliphatic carbocycles. The molecule has 20 heavy (non-hydrogen) atoms. The summed E-state index contributed by atoms with van der Waals surface area (Å²) in [7, 11) is 1.76. The second-order valence-electron chi connectivity index (χ2n) is 5.65. The Bertz CT molecular complexity index is 528. The second-order valence-corrected chi connectivity index (χ2v) is 5.65. The number of methoxy groups -OCH3 is 1. The van der Waals surface area contributed by atoms with Crippen molar-refractivity contribution in [1.29, 1.82) is 0 Å². The summed E-state index contributed by atoms with van der Waals surface area (Å²) in [5.74, 6) is 0.578. The molecular formula is C18H22O2. The first kappa shape index (κ1) is 13.6. The smallest absolute Gasteiger partial charge is 0.0881 e. The van der Waals surface area contributed by atoms with Gasteiger partial charge in [0, 0.05) is 19.6 Å². The summed E-state index contributed by atoms with van der Waals surface area (Å²) in [5.41, 5.74) is 5.44. The largest absolute Gasteiger partial charge is 0.380 e. The Kier molecular flexibility index (Phi) is 4.04. The Morgan fingerprint density at radius 1 is 1.35 bits per heavy atom. The Morgan fingerprint density at radius 2 is 2.15 bits per heavy atom. The van der Waals surface area contributed by atoms with Crippen molar-refractivity contribution >= 4 is 6.08 Å². The maximum absolute atomic E-state index is 5.91. The van der Waals surface area contributed by atoms with Gasteiger partial charge in [0.25, 0.3) is 0 Å². The van der Waals surface area contributed by atoms with Crippen molar-refractivity contribution in [1.82, 2.24) is 0 Å². The molecule has 1 fully saturated rings. The molecule has 2 heteroatoms. The van der Waals surface area contributed by atoms with Gasteiger partial charge in [-0.1, -0.05) is 36.4 Å². The Balaban J connectivity index is 1.90. The minimum atomic E-state index is 0.304. The van der Waals surface area contributed by atoms with E-state index in [0.717, 1.165) is 6.61 Å². The molecule has 2 atom stereocenters. The molecule has 106 valence electrons. The van der Waals surface area contributed by atoms with Crippen LogP contribution < -0.4 is 0 Å². The maximum Gasteiger partial charge on any atom is 0.0881 e. The lowest BCUT2D eigenvalue weighted by Crippen LogP contribution is -2.43. The molecule has 1 aliphatic heterocycles. The van der Waals surface area contributed by atoms with Crippen LogP contribution in [-0.4, -0.2) is 26.4 Å².